The number of rotatable bonds is 4. The van der Waals surface area contributed by atoms with E-state index < -0.39 is 0 Å². The molecule has 0 saturated heterocycles. The van der Waals surface area contributed by atoms with Crippen LogP contribution >= 0.6 is 11.8 Å². The third kappa shape index (κ3) is 3.35. The number of benzene rings is 1. The minimum atomic E-state index is -0.266. The van der Waals surface area contributed by atoms with E-state index in [0.29, 0.717) is 23.6 Å². The van der Waals surface area contributed by atoms with Crippen molar-refractivity contribution in [2.75, 3.05) is 0 Å². The molecule has 0 aliphatic rings. The van der Waals surface area contributed by atoms with E-state index in [9.17, 15) is 9.18 Å². The average molecular weight is 248 g/mol. The fourth-order valence-corrected chi connectivity index (χ4v) is 2.06. The predicted octanol–water partition coefficient (Wildman–Crippen LogP) is 2.72. The fraction of sp³-hybridized carbons (Fsp3) is 0.0833. The maximum Gasteiger partial charge on any atom is 0.168 e. The van der Waals surface area contributed by atoms with Crippen LogP contribution in [0.2, 0.25) is 0 Å². The Balaban J connectivity index is 2.04. The Morgan fingerprint density at radius 1 is 1.35 bits per heavy atom. The average Bonchev–Trinajstić information content (AvgIpc) is 2.37. The van der Waals surface area contributed by atoms with Crippen molar-refractivity contribution in [2.45, 2.75) is 10.6 Å². The Labute approximate surface area is 102 Å². The van der Waals surface area contributed by atoms with Gasteiger partial charge in [0.15, 0.2) is 6.29 Å². The molecule has 0 bridgehead atoms. The molecule has 3 nitrogen and oxygen atoms in total. The Hall–Kier alpha value is -1.75. The summed E-state index contributed by atoms with van der Waals surface area (Å²) in [6, 6.07) is 7.86. The largest absolute Gasteiger partial charge is 0.296 e. The summed E-state index contributed by atoms with van der Waals surface area (Å²) in [6.07, 6.45) is 2.22. The van der Waals surface area contributed by atoms with Gasteiger partial charge in [-0.3, -0.25) is 4.79 Å². The molecule has 86 valence electrons. The van der Waals surface area contributed by atoms with E-state index in [-0.39, 0.29) is 5.82 Å². The first kappa shape index (κ1) is 11.7. The molecule has 17 heavy (non-hydrogen) atoms. The van der Waals surface area contributed by atoms with Crippen LogP contribution < -0.4 is 0 Å². The number of aldehydes is 1. The lowest BCUT2D eigenvalue weighted by molar-refractivity contribution is 0.111. The molecule has 0 fully saturated rings. The van der Waals surface area contributed by atoms with Crippen molar-refractivity contribution in [3.8, 4) is 0 Å². The molecule has 0 aliphatic heterocycles. The van der Waals surface area contributed by atoms with Crippen LogP contribution in [0.4, 0.5) is 4.39 Å². The molecule has 0 amide bonds. The zero-order valence-corrected chi connectivity index (χ0v) is 9.65. The highest BCUT2D eigenvalue weighted by atomic mass is 32.2. The highest BCUT2D eigenvalue weighted by molar-refractivity contribution is 7.98. The molecule has 2 rings (SSSR count). The first-order valence-electron chi connectivity index (χ1n) is 4.93. The highest BCUT2D eigenvalue weighted by Gasteiger charge is 2.01. The monoisotopic (exact) mass is 248 g/mol. The van der Waals surface area contributed by atoms with Gasteiger partial charge in [-0.05, 0) is 24.3 Å². The van der Waals surface area contributed by atoms with Crippen LogP contribution in [-0.4, -0.2) is 16.3 Å². The van der Waals surface area contributed by atoms with Gasteiger partial charge in [0.2, 0.25) is 0 Å². The molecule has 2 aromatic rings. The van der Waals surface area contributed by atoms with Gasteiger partial charge in [0.1, 0.15) is 17.3 Å². The normalized spacial score (nSPS) is 10.2. The summed E-state index contributed by atoms with van der Waals surface area (Å²) in [7, 11) is 0. The standard InChI is InChI=1S/C12H9FN2OS/c13-9-2-1-3-11(6-9)17-8-12-14-5-4-10(7-16)15-12/h1-7H,8H2. The number of nitrogens with zero attached hydrogens (tertiary/aromatic N) is 2. The first-order chi connectivity index (χ1) is 8.28. The second-order valence-electron chi connectivity index (χ2n) is 3.26. The third-order valence-electron chi connectivity index (χ3n) is 2.01. The quantitative estimate of drug-likeness (QED) is 0.616. The molecular formula is C12H9FN2OS. The molecule has 0 spiro atoms. The molecule has 1 heterocycles. The Morgan fingerprint density at radius 2 is 2.24 bits per heavy atom. The van der Waals surface area contributed by atoms with Gasteiger partial charge < -0.3 is 0 Å². The number of carbonyl (C=O) groups excluding carboxylic acids is 1. The van der Waals surface area contributed by atoms with Crippen molar-refractivity contribution in [2.24, 2.45) is 0 Å². The van der Waals surface area contributed by atoms with Gasteiger partial charge in [0, 0.05) is 11.1 Å². The molecule has 0 unspecified atom stereocenters. The lowest BCUT2D eigenvalue weighted by atomic mass is 10.4. The number of hydrogen-bond acceptors (Lipinski definition) is 4. The molecule has 0 radical (unpaired) electrons. The van der Waals surface area contributed by atoms with E-state index in [1.54, 1.807) is 12.1 Å². The van der Waals surface area contributed by atoms with Crippen molar-refractivity contribution in [1.82, 2.24) is 9.97 Å². The number of halogens is 1. The van der Waals surface area contributed by atoms with Gasteiger partial charge in [-0.15, -0.1) is 11.8 Å². The summed E-state index contributed by atoms with van der Waals surface area (Å²) in [5, 5.41) is 0. The summed E-state index contributed by atoms with van der Waals surface area (Å²) in [5.74, 6) is 0.798. The van der Waals surface area contributed by atoms with Crippen molar-refractivity contribution in [1.29, 1.82) is 0 Å². The van der Waals surface area contributed by atoms with Crippen molar-refractivity contribution < 1.29 is 9.18 Å². The lowest BCUT2D eigenvalue weighted by Crippen LogP contribution is -1.96. The smallest absolute Gasteiger partial charge is 0.168 e. The van der Waals surface area contributed by atoms with E-state index in [0.717, 1.165) is 4.90 Å². The van der Waals surface area contributed by atoms with Crippen LogP contribution in [0.3, 0.4) is 0 Å². The summed E-state index contributed by atoms with van der Waals surface area (Å²) in [5.41, 5.74) is 0.356. The molecule has 0 saturated carbocycles. The molecule has 5 heteroatoms. The van der Waals surface area contributed by atoms with Gasteiger partial charge in [0.25, 0.3) is 0 Å². The zero-order valence-electron chi connectivity index (χ0n) is 8.84. The topological polar surface area (TPSA) is 42.9 Å². The van der Waals surface area contributed by atoms with E-state index in [2.05, 4.69) is 9.97 Å². The summed E-state index contributed by atoms with van der Waals surface area (Å²) >= 11 is 1.43. The number of aromatic nitrogens is 2. The minimum absolute atomic E-state index is 0.266. The molecule has 0 aliphatic carbocycles. The molecule has 1 aromatic heterocycles. The molecule has 1 aromatic carbocycles. The van der Waals surface area contributed by atoms with Crippen LogP contribution in [-0.2, 0) is 5.75 Å². The summed E-state index contributed by atoms with van der Waals surface area (Å²) < 4.78 is 12.9. The summed E-state index contributed by atoms with van der Waals surface area (Å²) in [6.45, 7) is 0. The van der Waals surface area contributed by atoms with Gasteiger partial charge in [-0.1, -0.05) is 6.07 Å². The van der Waals surface area contributed by atoms with E-state index in [1.807, 2.05) is 6.07 Å². The Morgan fingerprint density at radius 3 is 3.00 bits per heavy atom. The number of thioether (sulfide) groups is 1. The Kier molecular flexibility index (Phi) is 3.82. The van der Waals surface area contributed by atoms with E-state index in [1.165, 1.54) is 30.1 Å². The third-order valence-corrected chi connectivity index (χ3v) is 3.00. The van der Waals surface area contributed by atoms with Crippen LogP contribution in [0.5, 0.6) is 0 Å². The Bertz CT molecular complexity index is 533. The van der Waals surface area contributed by atoms with Crippen LogP contribution in [0.15, 0.2) is 41.4 Å². The van der Waals surface area contributed by atoms with Crippen molar-refractivity contribution >= 4 is 18.0 Å². The maximum absolute atomic E-state index is 12.9. The molecule has 0 atom stereocenters. The number of carbonyl (C=O) groups is 1. The second kappa shape index (κ2) is 5.54. The minimum Gasteiger partial charge on any atom is -0.296 e. The van der Waals surface area contributed by atoms with E-state index in [4.69, 9.17) is 0 Å². The molecular weight excluding hydrogens is 239 g/mol. The summed E-state index contributed by atoms with van der Waals surface area (Å²) in [4.78, 5) is 19.4. The predicted molar refractivity (Wildman–Crippen MR) is 63.4 cm³/mol. The van der Waals surface area contributed by atoms with E-state index >= 15 is 0 Å². The van der Waals surface area contributed by atoms with Crippen LogP contribution in [0.25, 0.3) is 0 Å². The van der Waals surface area contributed by atoms with Gasteiger partial charge in [-0.25, -0.2) is 14.4 Å². The lowest BCUT2D eigenvalue weighted by Gasteiger charge is -2.01. The van der Waals surface area contributed by atoms with Crippen LogP contribution in [0.1, 0.15) is 16.3 Å². The number of hydrogen-bond donors (Lipinski definition) is 0. The zero-order chi connectivity index (χ0) is 12.1. The first-order valence-corrected chi connectivity index (χ1v) is 5.92. The van der Waals surface area contributed by atoms with Crippen LogP contribution in [0, 0.1) is 5.82 Å². The van der Waals surface area contributed by atoms with Crippen molar-refractivity contribution in [3.05, 3.63) is 53.9 Å². The van der Waals surface area contributed by atoms with Gasteiger partial charge in [-0.2, -0.15) is 0 Å². The molecule has 0 N–H and O–H groups in total. The SMILES string of the molecule is O=Cc1ccnc(CSc2cccc(F)c2)n1. The maximum atomic E-state index is 12.9. The second-order valence-corrected chi connectivity index (χ2v) is 4.31. The van der Waals surface area contributed by atoms with Gasteiger partial charge >= 0.3 is 0 Å². The van der Waals surface area contributed by atoms with Crippen molar-refractivity contribution in [3.63, 3.8) is 0 Å². The fourth-order valence-electron chi connectivity index (χ4n) is 1.25. The highest BCUT2D eigenvalue weighted by Crippen LogP contribution is 2.21. The van der Waals surface area contributed by atoms with Gasteiger partial charge in [0.05, 0.1) is 5.75 Å².